The minimum absolute atomic E-state index is 0.0588. The van der Waals surface area contributed by atoms with E-state index in [9.17, 15) is 4.79 Å². The average molecular weight is 308 g/mol. The Morgan fingerprint density at radius 2 is 2.00 bits per heavy atom. The molecule has 1 rings (SSSR count). The summed E-state index contributed by atoms with van der Waals surface area (Å²) in [7, 11) is 3.72. The van der Waals surface area contributed by atoms with E-state index in [4.69, 9.17) is 16.9 Å². The van der Waals surface area contributed by atoms with Gasteiger partial charge in [0.1, 0.15) is 0 Å². The largest absolute Gasteiger partial charge is 0.345 e. The Labute approximate surface area is 131 Å². The second-order valence-electron chi connectivity index (χ2n) is 5.15. The van der Waals surface area contributed by atoms with Crippen LogP contribution >= 0.6 is 11.6 Å². The predicted molar refractivity (Wildman–Crippen MR) is 85.0 cm³/mol. The van der Waals surface area contributed by atoms with Crippen molar-refractivity contribution in [2.45, 2.75) is 25.8 Å². The molecule has 1 aromatic carbocycles. The second-order valence-corrected chi connectivity index (χ2v) is 5.56. The molecule has 1 atom stereocenters. The highest BCUT2D eigenvalue weighted by molar-refractivity contribution is 6.31. The van der Waals surface area contributed by atoms with E-state index in [-0.39, 0.29) is 11.9 Å². The van der Waals surface area contributed by atoms with Gasteiger partial charge in [-0.2, -0.15) is 5.26 Å². The minimum atomic E-state index is 0.0588. The van der Waals surface area contributed by atoms with Gasteiger partial charge in [-0.25, -0.2) is 0 Å². The first-order valence-electron chi connectivity index (χ1n) is 7.03. The topological polar surface area (TPSA) is 47.3 Å². The summed E-state index contributed by atoms with van der Waals surface area (Å²) < 4.78 is 0. The zero-order valence-corrected chi connectivity index (χ0v) is 13.6. The van der Waals surface area contributed by atoms with E-state index in [1.165, 1.54) is 0 Å². The molecule has 0 spiro atoms. The number of benzene rings is 1. The number of hydrogen-bond donors (Lipinski definition) is 0. The zero-order valence-electron chi connectivity index (χ0n) is 12.8. The van der Waals surface area contributed by atoms with Crippen molar-refractivity contribution in [1.29, 1.82) is 5.26 Å². The average Bonchev–Trinajstić information content (AvgIpc) is 2.49. The van der Waals surface area contributed by atoms with Gasteiger partial charge in [0.2, 0.25) is 5.91 Å². The van der Waals surface area contributed by atoms with Gasteiger partial charge in [-0.15, -0.1) is 0 Å². The molecule has 0 saturated heterocycles. The van der Waals surface area contributed by atoms with Gasteiger partial charge < -0.3 is 4.90 Å². The fourth-order valence-corrected chi connectivity index (χ4v) is 2.34. The van der Waals surface area contributed by atoms with Crippen LogP contribution in [0.2, 0.25) is 5.02 Å². The van der Waals surface area contributed by atoms with Crippen LogP contribution in [0.25, 0.3) is 0 Å². The fraction of sp³-hybridized carbons (Fsp3) is 0.500. The molecule has 0 N–H and O–H groups in total. The third-order valence-electron chi connectivity index (χ3n) is 3.68. The molecule has 0 saturated carbocycles. The monoisotopic (exact) mass is 307 g/mol. The Hall–Kier alpha value is -1.57. The maximum Gasteiger partial charge on any atom is 0.223 e. The molecular weight excluding hydrogens is 286 g/mol. The summed E-state index contributed by atoms with van der Waals surface area (Å²) in [5.41, 5.74) is 1.06. The van der Waals surface area contributed by atoms with Crippen LogP contribution in [0.3, 0.4) is 0 Å². The van der Waals surface area contributed by atoms with Gasteiger partial charge in [-0.05, 0) is 25.6 Å². The third-order valence-corrected chi connectivity index (χ3v) is 4.02. The van der Waals surface area contributed by atoms with Crippen LogP contribution in [0.15, 0.2) is 24.3 Å². The van der Waals surface area contributed by atoms with E-state index >= 15 is 0 Å². The van der Waals surface area contributed by atoms with E-state index in [1.807, 2.05) is 37.4 Å². The van der Waals surface area contributed by atoms with Gasteiger partial charge in [0, 0.05) is 37.6 Å². The number of carbonyl (C=O) groups is 1. The SMILES string of the molecule is CC(c1ccccc1Cl)N(C)CCC(=O)N(C)CCC#N. The van der Waals surface area contributed by atoms with Gasteiger partial charge in [-0.1, -0.05) is 29.8 Å². The smallest absolute Gasteiger partial charge is 0.223 e. The van der Waals surface area contributed by atoms with E-state index in [0.29, 0.717) is 25.9 Å². The highest BCUT2D eigenvalue weighted by Crippen LogP contribution is 2.26. The standard InChI is InChI=1S/C16H22ClN3O/c1-13(14-7-4-5-8-15(14)17)19(2)12-9-16(21)20(3)11-6-10-18/h4-5,7-8,13H,6,9,11-12H2,1-3H3. The lowest BCUT2D eigenvalue weighted by molar-refractivity contribution is -0.130. The molecular formula is C16H22ClN3O. The molecule has 0 aliphatic rings. The molecule has 4 nitrogen and oxygen atoms in total. The summed E-state index contributed by atoms with van der Waals surface area (Å²) in [4.78, 5) is 15.7. The van der Waals surface area contributed by atoms with E-state index in [1.54, 1.807) is 11.9 Å². The van der Waals surface area contributed by atoms with Crippen LogP contribution in [0.1, 0.15) is 31.4 Å². The number of halogens is 1. The maximum absolute atomic E-state index is 11.9. The highest BCUT2D eigenvalue weighted by atomic mass is 35.5. The van der Waals surface area contributed by atoms with Crippen LogP contribution in [0, 0.1) is 11.3 Å². The minimum Gasteiger partial charge on any atom is -0.345 e. The van der Waals surface area contributed by atoms with Gasteiger partial charge in [0.05, 0.1) is 12.5 Å². The number of nitriles is 1. The van der Waals surface area contributed by atoms with Crippen molar-refractivity contribution in [3.8, 4) is 6.07 Å². The summed E-state index contributed by atoms with van der Waals surface area (Å²) in [6, 6.07) is 9.95. The van der Waals surface area contributed by atoms with Crippen molar-refractivity contribution in [2.24, 2.45) is 0 Å². The van der Waals surface area contributed by atoms with Gasteiger partial charge in [0.25, 0.3) is 0 Å². The molecule has 1 amide bonds. The maximum atomic E-state index is 11.9. The molecule has 0 aromatic heterocycles. The summed E-state index contributed by atoms with van der Waals surface area (Å²) >= 11 is 6.20. The number of amides is 1. The lowest BCUT2D eigenvalue weighted by Crippen LogP contribution is -2.32. The summed E-state index contributed by atoms with van der Waals surface area (Å²) in [5.74, 6) is 0.0588. The van der Waals surface area contributed by atoms with Crippen LogP contribution in [0.5, 0.6) is 0 Å². The molecule has 0 bridgehead atoms. The summed E-state index contributed by atoms with van der Waals surface area (Å²) in [6.07, 6.45) is 0.807. The lowest BCUT2D eigenvalue weighted by atomic mass is 10.1. The predicted octanol–water partition coefficient (Wildman–Crippen LogP) is 3.09. The van der Waals surface area contributed by atoms with Crippen LogP contribution in [-0.4, -0.2) is 42.9 Å². The Morgan fingerprint density at radius 1 is 1.33 bits per heavy atom. The first-order valence-corrected chi connectivity index (χ1v) is 7.40. The van der Waals surface area contributed by atoms with Crippen molar-refractivity contribution in [2.75, 3.05) is 27.2 Å². The second kappa shape index (κ2) is 8.66. The quantitative estimate of drug-likeness (QED) is 0.777. The van der Waals surface area contributed by atoms with E-state index in [2.05, 4.69) is 11.8 Å². The van der Waals surface area contributed by atoms with Crippen molar-refractivity contribution in [1.82, 2.24) is 9.80 Å². The van der Waals surface area contributed by atoms with Crippen LogP contribution < -0.4 is 0 Å². The molecule has 0 aliphatic carbocycles. The molecule has 1 unspecified atom stereocenters. The molecule has 114 valence electrons. The molecule has 0 fully saturated rings. The van der Waals surface area contributed by atoms with Crippen molar-refractivity contribution in [3.63, 3.8) is 0 Å². The summed E-state index contributed by atoms with van der Waals surface area (Å²) in [6.45, 7) is 3.21. The first-order chi connectivity index (χ1) is 9.97. The fourth-order valence-electron chi connectivity index (χ4n) is 2.05. The van der Waals surface area contributed by atoms with Crippen molar-refractivity contribution in [3.05, 3.63) is 34.9 Å². The van der Waals surface area contributed by atoms with Gasteiger partial charge in [0.15, 0.2) is 0 Å². The Kier molecular flexibility index (Phi) is 7.21. The van der Waals surface area contributed by atoms with Crippen molar-refractivity contribution < 1.29 is 4.79 Å². The van der Waals surface area contributed by atoms with Crippen molar-refractivity contribution >= 4 is 17.5 Å². The lowest BCUT2D eigenvalue weighted by Gasteiger charge is -2.26. The normalized spacial score (nSPS) is 12.0. The Bertz CT molecular complexity index is 512. The van der Waals surface area contributed by atoms with Gasteiger partial charge >= 0.3 is 0 Å². The molecule has 0 heterocycles. The van der Waals surface area contributed by atoms with E-state index in [0.717, 1.165) is 10.6 Å². The zero-order chi connectivity index (χ0) is 15.8. The molecule has 5 heteroatoms. The first kappa shape index (κ1) is 17.5. The highest BCUT2D eigenvalue weighted by Gasteiger charge is 2.16. The molecule has 0 radical (unpaired) electrons. The number of hydrogen-bond acceptors (Lipinski definition) is 3. The van der Waals surface area contributed by atoms with Gasteiger partial charge in [-0.3, -0.25) is 9.69 Å². The molecule has 21 heavy (non-hydrogen) atoms. The third kappa shape index (κ3) is 5.37. The number of nitrogens with zero attached hydrogens (tertiary/aromatic N) is 3. The molecule has 1 aromatic rings. The number of carbonyl (C=O) groups excluding carboxylic acids is 1. The van der Waals surface area contributed by atoms with Crippen LogP contribution in [0.4, 0.5) is 0 Å². The Morgan fingerprint density at radius 3 is 2.62 bits per heavy atom. The summed E-state index contributed by atoms with van der Waals surface area (Å²) in [5, 5.41) is 9.28. The Balaban J connectivity index is 2.50. The molecule has 0 aliphatic heterocycles. The van der Waals surface area contributed by atoms with E-state index < -0.39 is 0 Å². The number of rotatable bonds is 7. The van der Waals surface area contributed by atoms with Crippen LogP contribution in [-0.2, 0) is 4.79 Å².